The summed E-state index contributed by atoms with van der Waals surface area (Å²) in [5, 5.41) is 12.3. The maximum Gasteiger partial charge on any atom is 0.176 e. The Morgan fingerprint density at radius 1 is 1.25 bits per heavy atom. The van der Waals surface area contributed by atoms with E-state index in [9.17, 15) is 0 Å². The van der Waals surface area contributed by atoms with E-state index in [-0.39, 0.29) is 0 Å². The van der Waals surface area contributed by atoms with E-state index >= 15 is 0 Å². The molecule has 0 bridgehead atoms. The number of nitrogens with zero attached hydrogens (tertiary/aromatic N) is 5. The molecule has 6 nitrogen and oxygen atoms in total. The lowest BCUT2D eigenvalue weighted by atomic mass is 9.90. The van der Waals surface area contributed by atoms with Crippen LogP contribution in [0, 0.1) is 6.92 Å². The average molecular weight is 274 g/mol. The predicted molar refractivity (Wildman–Crippen MR) is 78.9 cm³/mol. The number of aromatic nitrogens is 4. The second kappa shape index (κ2) is 5.36. The Morgan fingerprint density at radius 2 is 2.10 bits per heavy atom. The molecule has 2 atom stereocenters. The summed E-state index contributed by atoms with van der Waals surface area (Å²) in [5.41, 5.74) is 0.794. The minimum absolute atomic E-state index is 0.491. The van der Waals surface area contributed by atoms with Crippen LogP contribution in [0.3, 0.4) is 0 Å². The Hall–Kier alpha value is -1.69. The number of hydrogen-bond donors (Lipinski definition) is 1. The molecular formula is C14H22N6. The highest BCUT2D eigenvalue weighted by Gasteiger charge is 2.23. The maximum atomic E-state index is 4.48. The minimum atomic E-state index is 0.491. The Kier molecular flexibility index (Phi) is 3.56. The van der Waals surface area contributed by atoms with Gasteiger partial charge in [-0.3, -0.25) is 0 Å². The maximum absolute atomic E-state index is 4.48. The number of nitrogens with one attached hydrogen (secondary N) is 1. The second-order valence-electron chi connectivity index (χ2n) is 5.85. The summed E-state index contributed by atoms with van der Waals surface area (Å²) in [6, 6.07) is 5.11. The minimum Gasteiger partial charge on any atom is -0.366 e. The van der Waals surface area contributed by atoms with Crippen molar-refractivity contribution in [3.63, 3.8) is 0 Å². The summed E-state index contributed by atoms with van der Waals surface area (Å²) in [6.45, 7) is 1.88. The average Bonchev–Trinajstić information content (AvgIpc) is 2.78. The van der Waals surface area contributed by atoms with Crippen LogP contribution in [0.15, 0.2) is 12.1 Å². The van der Waals surface area contributed by atoms with Crippen molar-refractivity contribution in [2.24, 2.45) is 0 Å². The molecule has 0 amide bonds. The first-order chi connectivity index (χ1) is 9.61. The summed E-state index contributed by atoms with van der Waals surface area (Å²) in [6.07, 6.45) is 4.94. The van der Waals surface area contributed by atoms with Crippen LogP contribution < -0.4 is 5.32 Å². The zero-order valence-electron chi connectivity index (χ0n) is 12.4. The van der Waals surface area contributed by atoms with Gasteiger partial charge in [0.1, 0.15) is 11.6 Å². The van der Waals surface area contributed by atoms with Gasteiger partial charge in [0.15, 0.2) is 5.65 Å². The van der Waals surface area contributed by atoms with Crippen molar-refractivity contribution in [1.82, 2.24) is 24.7 Å². The van der Waals surface area contributed by atoms with Crippen molar-refractivity contribution in [2.45, 2.75) is 44.7 Å². The van der Waals surface area contributed by atoms with Crippen molar-refractivity contribution in [3.8, 4) is 0 Å². The lowest BCUT2D eigenvalue weighted by Gasteiger charge is -2.33. The van der Waals surface area contributed by atoms with E-state index in [1.165, 1.54) is 25.7 Å². The number of fused-ring (bicyclic) bond motifs is 1. The number of rotatable bonds is 3. The monoisotopic (exact) mass is 274 g/mol. The summed E-state index contributed by atoms with van der Waals surface area (Å²) in [7, 11) is 4.32. The zero-order valence-corrected chi connectivity index (χ0v) is 12.4. The van der Waals surface area contributed by atoms with E-state index in [0.29, 0.717) is 12.1 Å². The predicted octanol–water partition coefficient (Wildman–Crippen LogP) is 1.72. The zero-order chi connectivity index (χ0) is 14.1. The van der Waals surface area contributed by atoms with E-state index < -0.39 is 0 Å². The normalized spacial score (nSPS) is 23.4. The largest absolute Gasteiger partial charge is 0.366 e. The van der Waals surface area contributed by atoms with Crippen LogP contribution in [0.4, 0.5) is 5.82 Å². The molecular weight excluding hydrogens is 252 g/mol. The van der Waals surface area contributed by atoms with E-state index in [4.69, 9.17) is 0 Å². The number of anilines is 1. The molecule has 1 N–H and O–H groups in total. The molecule has 108 valence electrons. The number of hydrogen-bond acceptors (Lipinski definition) is 5. The molecule has 1 fully saturated rings. The third kappa shape index (κ3) is 2.75. The van der Waals surface area contributed by atoms with E-state index in [2.05, 4.69) is 39.5 Å². The summed E-state index contributed by atoms with van der Waals surface area (Å²) >= 11 is 0. The van der Waals surface area contributed by atoms with Gasteiger partial charge in [-0.05, 0) is 58.8 Å². The highest BCUT2D eigenvalue weighted by atomic mass is 15.5. The van der Waals surface area contributed by atoms with Gasteiger partial charge in [-0.1, -0.05) is 0 Å². The third-order valence-corrected chi connectivity index (χ3v) is 4.04. The van der Waals surface area contributed by atoms with Crippen LogP contribution in [0.5, 0.6) is 0 Å². The lowest BCUT2D eigenvalue weighted by molar-refractivity contribution is 0.219. The molecule has 2 heterocycles. The Morgan fingerprint density at radius 3 is 2.90 bits per heavy atom. The van der Waals surface area contributed by atoms with Gasteiger partial charge in [0.05, 0.1) is 0 Å². The molecule has 1 aliphatic carbocycles. The van der Waals surface area contributed by atoms with E-state index in [1.807, 2.05) is 19.1 Å². The molecule has 6 heteroatoms. The van der Waals surface area contributed by atoms with E-state index in [1.54, 1.807) is 4.63 Å². The first-order valence-corrected chi connectivity index (χ1v) is 7.25. The van der Waals surface area contributed by atoms with E-state index in [0.717, 1.165) is 17.3 Å². The quantitative estimate of drug-likeness (QED) is 0.923. The van der Waals surface area contributed by atoms with Crippen molar-refractivity contribution < 1.29 is 0 Å². The molecule has 2 aromatic heterocycles. The summed E-state index contributed by atoms with van der Waals surface area (Å²) in [5.74, 6) is 1.63. The molecule has 0 aromatic carbocycles. The van der Waals surface area contributed by atoms with Gasteiger partial charge in [-0.2, -0.15) is 0 Å². The molecule has 0 saturated heterocycles. The van der Waals surface area contributed by atoms with Gasteiger partial charge in [0.25, 0.3) is 0 Å². The molecule has 0 unspecified atom stereocenters. The molecule has 0 radical (unpaired) electrons. The van der Waals surface area contributed by atoms with Crippen molar-refractivity contribution in [2.75, 3.05) is 19.4 Å². The Balaban J connectivity index is 1.72. The van der Waals surface area contributed by atoms with Gasteiger partial charge in [0.2, 0.25) is 0 Å². The molecule has 0 aliphatic heterocycles. The van der Waals surface area contributed by atoms with Gasteiger partial charge < -0.3 is 10.2 Å². The van der Waals surface area contributed by atoms with Crippen molar-refractivity contribution in [3.05, 3.63) is 18.0 Å². The molecule has 3 rings (SSSR count). The van der Waals surface area contributed by atoms with Crippen LogP contribution in [-0.2, 0) is 0 Å². The first-order valence-electron chi connectivity index (χ1n) is 7.25. The second-order valence-corrected chi connectivity index (χ2v) is 5.85. The lowest BCUT2D eigenvalue weighted by Crippen LogP contribution is -2.38. The topological polar surface area (TPSA) is 58.4 Å². The Bertz CT molecular complexity index is 590. The van der Waals surface area contributed by atoms with Crippen LogP contribution >= 0.6 is 0 Å². The van der Waals surface area contributed by atoms with Crippen LogP contribution in [0.25, 0.3) is 5.65 Å². The number of aryl methyl sites for hydroxylation is 1. The highest BCUT2D eigenvalue weighted by Crippen LogP contribution is 2.24. The Labute approximate surface area is 119 Å². The smallest absolute Gasteiger partial charge is 0.176 e. The summed E-state index contributed by atoms with van der Waals surface area (Å²) in [4.78, 5) is 6.62. The van der Waals surface area contributed by atoms with Gasteiger partial charge in [-0.15, -0.1) is 14.8 Å². The van der Waals surface area contributed by atoms with Crippen molar-refractivity contribution >= 4 is 11.5 Å². The standard InChI is InChI=1S/C14H22N6/c1-10-15-14-8-7-13(18-20(14)17-10)16-11-5-4-6-12(9-11)19(2)3/h7-8,11-12H,4-6,9H2,1-3H3,(H,16,18)/t11-,12-/m0/s1. The fraction of sp³-hybridized carbons (Fsp3) is 0.643. The van der Waals surface area contributed by atoms with Crippen LogP contribution in [0.2, 0.25) is 0 Å². The molecule has 1 aliphatic rings. The summed E-state index contributed by atoms with van der Waals surface area (Å²) < 4.78 is 1.60. The van der Waals surface area contributed by atoms with Crippen molar-refractivity contribution in [1.29, 1.82) is 0 Å². The fourth-order valence-electron chi connectivity index (χ4n) is 2.94. The molecule has 20 heavy (non-hydrogen) atoms. The molecule has 1 saturated carbocycles. The van der Waals surface area contributed by atoms with Crippen LogP contribution in [-0.4, -0.2) is 50.9 Å². The van der Waals surface area contributed by atoms with Gasteiger partial charge in [-0.25, -0.2) is 4.98 Å². The van der Waals surface area contributed by atoms with Crippen LogP contribution in [0.1, 0.15) is 31.5 Å². The first kappa shape index (κ1) is 13.3. The van der Waals surface area contributed by atoms with Gasteiger partial charge in [0, 0.05) is 12.1 Å². The molecule has 0 spiro atoms. The van der Waals surface area contributed by atoms with Gasteiger partial charge >= 0.3 is 0 Å². The third-order valence-electron chi connectivity index (χ3n) is 4.04. The molecule has 2 aromatic rings. The highest BCUT2D eigenvalue weighted by molar-refractivity contribution is 5.43. The fourth-order valence-corrected chi connectivity index (χ4v) is 2.94. The SMILES string of the molecule is Cc1nc2ccc(N[C@H]3CCC[C@H](N(C)C)C3)nn2n1.